The SMILES string of the molecule is O=C(O)N1C[C@H]2CN(c3ccc(Cl)nc3)C[C@H]21. The van der Waals surface area contributed by atoms with Crippen LogP contribution in [0.25, 0.3) is 0 Å². The van der Waals surface area contributed by atoms with E-state index < -0.39 is 6.09 Å². The average molecular weight is 254 g/mol. The Morgan fingerprint density at radius 3 is 2.88 bits per heavy atom. The van der Waals surface area contributed by atoms with Gasteiger partial charge in [0, 0.05) is 25.6 Å². The fraction of sp³-hybridized carbons (Fsp3) is 0.455. The van der Waals surface area contributed by atoms with Gasteiger partial charge in [-0.25, -0.2) is 9.78 Å². The summed E-state index contributed by atoms with van der Waals surface area (Å²) in [5.41, 5.74) is 1.01. The van der Waals surface area contributed by atoms with Gasteiger partial charge in [-0.2, -0.15) is 0 Å². The first-order valence-corrected chi connectivity index (χ1v) is 5.89. The van der Waals surface area contributed by atoms with E-state index in [9.17, 15) is 4.79 Å². The Morgan fingerprint density at radius 2 is 2.24 bits per heavy atom. The molecule has 0 aromatic carbocycles. The van der Waals surface area contributed by atoms with Gasteiger partial charge in [-0.15, -0.1) is 0 Å². The quantitative estimate of drug-likeness (QED) is 0.772. The lowest BCUT2D eigenvalue weighted by atomic mass is 9.93. The molecule has 6 heteroatoms. The van der Waals surface area contributed by atoms with E-state index in [1.165, 1.54) is 4.90 Å². The molecular formula is C11H12ClN3O2. The lowest BCUT2D eigenvalue weighted by molar-refractivity contribution is 0.0507. The number of hydrogen-bond acceptors (Lipinski definition) is 3. The summed E-state index contributed by atoms with van der Waals surface area (Å²) in [5.74, 6) is 0.460. The molecular weight excluding hydrogens is 242 g/mol. The Kier molecular flexibility index (Phi) is 2.36. The number of hydrogen-bond donors (Lipinski definition) is 1. The van der Waals surface area contributed by atoms with Crippen molar-refractivity contribution in [1.82, 2.24) is 9.88 Å². The number of pyridine rings is 1. The molecule has 2 saturated heterocycles. The van der Waals surface area contributed by atoms with E-state index >= 15 is 0 Å². The van der Waals surface area contributed by atoms with Crippen LogP contribution in [0.3, 0.4) is 0 Å². The third-order valence-corrected chi connectivity index (χ3v) is 3.78. The predicted molar refractivity (Wildman–Crippen MR) is 63.5 cm³/mol. The lowest BCUT2D eigenvalue weighted by Gasteiger charge is -2.40. The highest BCUT2D eigenvalue weighted by Crippen LogP contribution is 2.34. The number of likely N-dealkylation sites (tertiary alicyclic amines) is 1. The molecule has 1 aromatic heterocycles. The number of carboxylic acid groups (broad SMARTS) is 1. The van der Waals surface area contributed by atoms with E-state index in [1.807, 2.05) is 6.07 Å². The van der Waals surface area contributed by atoms with Gasteiger partial charge in [-0.3, -0.25) is 0 Å². The van der Waals surface area contributed by atoms with E-state index in [0.29, 0.717) is 17.6 Å². The normalized spacial score (nSPS) is 26.6. The highest BCUT2D eigenvalue weighted by molar-refractivity contribution is 6.29. The van der Waals surface area contributed by atoms with Crippen LogP contribution in [-0.2, 0) is 0 Å². The second-order valence-corrected chi connectivity index (χ2v) is 4.89. The molecule has 0 aliphatic carbocycles. The first-order chi connectivity index (χ1) is 8.15. The first kappa shape index (κ1) is 10.7. The van der Waals surface area contributed by atoms with Crippen LogP contribution in [-0.4, -0.2) is 46.8 Å². The van der Waals surface area contributed by atoms with Crippen molar-refractivity contribution in [3.8, 4) is 0 Å². The molecule has 0 spiro atoms. The third kappa shape index (κ3) is 1.70. The molecule has 1 aromatic rings. The van der Waals surface area contributed by atoms with Crippen LogP contribution in [0.1, 0.15) is 0 Å². The molecule has 0 unspecified atom stereocenters. The minimum absolute atomic E-state index is 0.142. The predicted octanol–water partition coefficient (Wildman–Crippen LogP) is 1.53. The van der Waals surface area contributed by atoms with E-state index in [4.69, 9.17) is 16.7 Å². The van der Waals surface area contributed by atoms with Crippen molar-refractivity contribution in [1.29, 1.82) is 0 Å². The topological polar surface area (TPSA) is 56.7 Å². The Morgan fingerprint density at radius 1 is 1.41 bits per heavy atom. The number of amides is 1. The number of anilines is 1. The fourth-order valence-electron chi connectivity index (χ4n) is 2.62. The largest absolute Gasteiger partial charge is 0.465 e. The Hall–Kier alpha value is -1.49. The van der Waals surface area contributed by atoms with Crippen molar-refractivity contribution in [2.75, 3.05) is 24.5 Å². The smallest absolute Gasteiger partial charge is 0.407 e. The van der Waals surface area contributed by atoms with Gasteiger partial charge in [0.25, 0.3) is 0 Å². The number of carbonyl (C=O) groups is 1. The van der Waals surface area contributed by atoms with Crippen LogP contribution >= 0.6 is 11.6 Å². The van der Waals surface area contributed by atoms with Crippen molar-refractivity contribution >= 4 is 23.4 Å². The zero-order valence-electron chi connectivity index (χ0n) is 9.08. The monoisotopic (exact) mass is 253 g/mol. The number of fused-ring (bicyclic) bond motifs is 1. The zero-order chi connectivity index (χ0) is 12.0. The van der Waals surface area contributed by atoms with Gasteiger partial charge >= 0.3 is 6.09 Å². The van der Waals surface area contributed by atoms with Gasteiger partial charge in [0.1, 0.15) is 5.15 Å². The van der Waals surface area contributed by atoms with Gasteiger partial charge in [-0.1, -0.05) is 11.6 Å². The van der Waals surface area contributed by atoms with Gasteiger partial charge in [0.15, 0.2) is 0 Å². The molecule has 1 amide bonds. The Bertz CT molecular complexity index is 451. The molecule has 2 aliphatic heterocycles. The van der Waals surface area contributed by atoms with Gasteiger partial charge in [0.2, 0.25) is 0 Å². The molecule has 5 nitrogen and oxygen atoms in total. The summed E-state index contributed by atoms with van der Waals surface area (Å²) >= 11 is 5.74. The maximum absolute atomic E-state index is 10.9. The molecule has 2 atom stereocenters. The van der Waals surface area contributed by atoms with Gasteiger partial charge < -0.3 is 14.9 Å². The highest BCUT2D eigenvalue weighted by atomic mass is 35.5. The second-order valence-electron chi connectivity index (χ2n) is 4.51. The van der Waals surface area contributed by atoms with Crippen LogP contribution < -0.4 is 4.90 Å². The molecule has 17 heavy (non-hydrogen) atoms. The van der Waals surface area contributed by atoms with E-state index in [0.717, 1.165) is 18.8 Å². The maximum atomic E-state index is 10.9. The first-order valence-electron chi connectivity index (χ1n) is 5.51. The van der Waals surface area contributed by atoms with Crippen molar-refractivity contribution in [3.05, 3.63) is 23.5 Å². The number of rotatable bonds is 1. The molecule has 2 aliphatic rings. The van der Waals surface area contributed by atoms with Gasteiger partial charge in [-0.05, 0) is 12.1 Å². The molecule has 2 fully saturated rings. The summed E-state index contributed by atoms with van der Waals surface area (Å²) < 4.78 is 0. The number of aromatic nitrogens is 1. The average Bonchev–Trinajstić information content (AvgIpc) is 2.58. The summed E-state index contributed by atoms with van der Waals surface area (Å²) in [4.78, 5) is 18.6. The highest BCUT2D eigenvalue weighted by Gasteiger charge is 2.47. The third-order valence-electron chi connectivity index (χ3n) is 3.56. The summed E-state index contributed by atoms with van der Waals surface area (Å²) in [7, 11) is 0. The Balaban J connectivity index is 1.72. The minimum atomic E-state index is -0.817. The molecule has 3 rings (SSSR count). The lowest BCUT2D eigenvalue weighted by Crippen LogP contribution is -2.57. The van der Waals surface area contributed by atoms with Crippen LogP contribution in [0.2, 0.25) is 5.15 Å². The summed E-state index contributed by atoms with van der Waals surface area (Å²) in [6.07, 6.45) is 0.917. The van der Waals surface area contributed by atoms with Crippen LogP contribution in [0.4, 0.5) is 10.5 Å². The standard InChI is InChI=1S/C11H12ClN3O2/c12-10-2-1-8(3-13-10)14-4-7-5-15(11(16)17)9(7)6-14/h1-3,7,9H,4-6H2,(H,16,17)/t7-,9-/m1/s1. The summed E-state index contributed by atoms with van der Waals surface area (Å²) in [5, 5.41) is 9.43. The molecule has 0 radical (unpaired) electrons. The zero-order valence-corrected chi connectivity index (χ0v) is 9.84. The molecule has 0 bridgehead atoms. The van der Waals surface area contributed by atoms with Crippen molar-refractivity contribution in [3.63, 3.8) is 0 Å². The van der Waals surface area contributed by atoms with Crippen molar-refractivity contribution in [2.24, 2.45) is 5.92 Å². The molecule has 1 N–H and O–H groups in total. The van der Waals surface area contributed by atoms with Gasteiger partial charge in [0.05, 0.1) is 17.9 Å². The summed E-state index contributed by atoms with van der Waals surface area (Å²) in [6, 6.07) is 3.82. The molecule has 3 heterocycles. The van der Waals surface area contributed by atoms with E-state index in [-0.39, 0.29) is 6.04 Å². The summed E-state index contributed by atoms with van der Waals surface area (Å²) in [6.45, 7) is 2.30. The second kappa shape index (κ2) is 3.77. The minimum Gasteiger partial charge on any atom is -0.465 e. The van der Waals surface area contributed by atoms with E-state index in [2.05, 4.69) is 9.88 Å². The van der Waals surface area contributed by atoms with Crippen LogP contribution in [0.5, 0.6) is 0 Å². The van der Waals surface area contributed by atoms with E-state index in [1.54, 1.807) is 12.3 Å². The van der Waals surface area contributed by atoms with Crippen LogP contribution in [0, 0.1) is 5.92 Å². The van der Waals surface area contributed by atoms with Crippen LogP contribution in [0.15, 0.2) is 18.3 Å². The fourth-order valence-corrected chi connectivity index (χ4v) is 2.73. The Labute approximate surface area is 104 Å². The van der Waals surface area contributed by atoms with Crippen molar-refractivity contribution in [2.45, 2.75) is 6.04 Å². The number of halogens is 1. The molecule has 0 saturated carbocycles. The molecule has 90 valence electrons. The number of nitrogens with zero attached hydrogens (tertiary/aromatic N) is 3. The maximum Gasteiger partial charge on any atom is 0.407 e. The van der Waals surface area contributed by atoms with Crippen molar-refractivity contribution < 1.29 is 9.90 Å².